The Morgan fingerprint density at radius 1 is 0.484 bits per heavy atom. The van der Waals surface area contributed by atoms with E-state index in [1.807, 2.05) is 0 Å². The van der Waals surface area contributed by atoms with Crippen molar-refractivity contribution in [2.24, 2.45) is 0 Å². The third-order valence-corrected chi connectivity index (χ3v) is 9.77. The summed E-state index contributed by atoms with van der Waals surface area (Å²) in [5.74, 6) is -1.91. The number of likely N-dealkylation sites (N-methyl/N-ethyl adjacent to an activating group) is 1. The highest BCUT2D eigenvalue weighted by Gasteiger charge is 2.25. The minimum absolute atomic E-state index is 0.00991. The van der Waals surface area contributed by atoms with Crippen LogP contribution in [0.1, 0.15) is 149 Å². The third-order valence-electron chi connectivity index (χ3n) is 9.77. The maximum atomic E-state index is 12.7. The maximum absolute atomic E-state index is 12.7. The van der Waals surface area contributed by atoms with Crippen LogP contribution in [0, 0.1) is 0 Å². The summed E-state index contributed by atoms with van der Waals surface area (Å²) < 4.78 is 17.1. The van der Waals surface area contributed by atoms with Gasteiger partial charge in [0.05, 0.1) is 40.3 Å². The molecule has 0 heterocycles. The van der Waals surface area contributed by atoms with Crippen LogP contribution in [0.25, 0.3) is 0 Å². The van der Waals surface area contributed by atoms with Crippen LogP contribution in [0.3, 0.4) is 0 Å². The zero-order chi connectivity index (χ0) is 47.0. The molecule has 0 rings (SSSR count). The molecule has 0 saturated heterocycles. The summed E-state index contributed by atoms with van der Waals surface area (Å²) >= 11 is 0. The lowest BCUT2D eigenvalue weighted by molar-refractivity contribution is -0.889. The van der Waals surface area contributed by atoms with E-state index in [-0.39, 0.29) is 49.5 Å². The van der Waals surface area contributed by atoms with Gasteiger partial charge in [-0.1, -0.05) is 160 Å². The number of rotatable bonds is 41. The van der Waals surface area contributed by atoms with Crippen molar-refractivity contribution in [1.82, 2.24) is 0 Å². The van der Waals surface area contributed by atoms with Gasteiger partial charge in [0.2, 0.25) is 0 Å². The molecule has 2 atom stereocenters. The maximum Gasteiger partial charge on any atom is 0.306 e. The van der Waals surface area contributed by atoms with Crippen LogP contribution < -0.4 is 5.11 Å². The quantitative estimate of drug-likeness (QED) is 0.0261. The number of carboxylic acids is 1. The number of ether oxygens (including phenoxy) is 3. The topological polar surface area (TPSA) is 102 Å². The molecule has 0 fully saturated rings. The molecule has 0 bridgehead atoms. The van der Waals surface area contributed by atoms with E-state index in [4.69, 9.17) is 14.2 Å². The number of hydrogen-bond acceptors (Lipinski definition) is 7. The van der Waals surface area contributed by atoms with Crippen LogP contribution in [-0.4, -0.2) is 75.5 Å². The number of carbonyl (C=O) groups excluding carboxylic acids is 3. The first-order valence-corrected chi connectivity index (χ1v) is 24.2. The molecular weight excluding hydrogens is 799 g/mol. The van der Waals surface area contributed by atoms with E-state index in [9.17, 15) is 19.5 Å². The zero-order valence-corrected chi connectivity index (χ0v) is 40.6. The summed E-state index contributed by atoms with van der Waals surface area (Å²) in [6.45, 7) is 4.37. The van der Waals surface area contributed by atoms with E-state index in [1.54, 1.807) is 21.1 Å². The lowest BCUT2D eigenvalue weighted by Gasteiger charge is -2.34. The van der Waals surface area contributed by atoms with Gasteiger partial charge in [0, 0.05) is 19.3 Å². The first-order valence-electron chi connectivity index (χ1n) is 24.2. The second-order valence-corrected chi connectivity index (χ2v) is 16.6. The average molecular weight is 886 g/mol. The van der Waals surface area contributed by atoms with E-state index in [2.05, 4.69) is 148 Å². The molecule has 0 amide bonds. The number of hydrogen-bond donors (Lipinski definition) is 0. The van der Waals surface area contributed by atoms with E-state index in [0.29, 0.717) is 12.8 Å². The van der Waals surface area contributed by atoms with Crippen LogP contribution >= 0.6 is 0 Å². The Hall–Kier alpha value is -4.53. The van der Waals surface area contributed by atoms with Gasteiger partial charge in [-0.15, -0.1) is 0 Å². The fourth-order valence-electron chi connectivity index (χ4n) is 6.05. The predicted octanol–water partition coefficient (Wildman–Crippen LogP) is 12.6. The van der Waals surface area contributed by atoms with Crippen LogP contribution in [0.5, 0.6) is 0 Å². The first-order chi connectivity index (χ1) is 31.1. The number of quaternary nitrogens is 1. The number of esters is 2. The highest BCUT2D eigenvalue weighted by molar-refractivity contribution is 5.70. The molecule has 358 valence electrons. The summed E-state index contributed by atoms with van der Waals surface area (Å²) in [5, 5.41) is 11.7. The molecule has 0 aliphatic rings. The summed E-state index contributed by atoms with van der Waals surface area (Å²) in [4.78, 5) is 36.9. The van der Waals surface area contributed by atoms with Gasteiger partial charge >= 0.3 is 11.9 Å². The van der Waals surface area contributed by atoms with E-state index in [1.165, 1.54) is 25.7 Å². The van der Waals surface area contributed by atoms with Crippen LogP contribution in [0.4, 0.5) is 0 Å². The number of nitrogens with zero attached hydrogens (tertiary/aromatic N) is 1. The SMILES string of the molecule is CC/C=C/C/C=C/C/C=C/C/C=C/C/C=C/C/C=C/C/C=C/CCCC(=O)OC(COCCC(C(=O)[O-])[N+](C)(C)C)COC(=O)CCC/C=C/C/C=C/C/C=C/C/C=C/CCCCC. The highest BCUT2D eigenvalue weighted by atomic mass is 16.6. The highest BCUT2D eigenvalue weighted by Crippen LogP contribution is 2.10. The van der Waals surface area contributed by atoms with Crippen molar-refractivity contribution in [3.05, 3.63) is 134 Å². The number of unbranched alkanes of at least 4 members (excludes halogenated alkanes) is 5. The summed E-state index contributed by atoms with van der Waals surface area (Å²) in [6, 6.07) is -0.754. The van der Waals surface area contributed by atoms with Gasteiger partial charge in [0.1, 0.15) is 12.6 Å². The molecule has 0 saturated carbocycles. The summed E-state index contributed by atoms with van der Waals surface area (Å²) in [5.41, 5.74) is 0. The normalized spacial score (nSPS) is 14.1. The molecule has 8 heteroatoms. The molecule has 0 aromatic rings. The predicted molar refractivity (Wildman–Crippen MR) is 267 cm³/mol. The Balaban J connectivity index is 4.52. The smallest absolute Gasteiger partial charge is 0.306 e. The Bertz CT molecular complexity index is 1500. The molecule has 0 radical (unpaired) electrons. The van der Waals surface area contributed by atoms with Crippen molar-refractivity contribution in [2.75, 3.05) is 41.0 Å². The Morgan fingerprint density at radius 3 is 1.23 bits per heavy atom. The van der Waals surface area contributed by atoms with Crippen molar-refractivity contribution in [3.8, 4) is 0 Å². The lowest BCUT2D eigenvalue weighted by atomic mass is 10.1. The second kappa shape index (κ2) is 45.1. The van der Waals surface area contributed by atoms with Crippen LogP contribution in [0.15, 0.2) is 134 Å². The van der Waals surface area contributed by atoms with Gasteiger partial charge in [-0.25, -0.2) is 0 Å². The number of carbonyl (C=O) groups is 3. The number of carboxylic acid groups (broad SMARTS) is 1. The minimum Gasteiger partial charge on any atom is -0.544 e. The Kier molecular flexibility index (Phi) is 41.9. The van der Waals surface area contributed by atoms with Crippen molar-refractivity contribution >= 4 is 17.9 Å². The molecule has 2 unspecified atom stereocenters. The lowest BCUT2D eigenvalue weighted by Crippen LogP contribution is -2.55. The molecule has 0 aromatic carbocycles. The van der Waals surface area contributed by atoms with Gasteiger partial charge in [0.15, 0.2) is 6.10 Å². The number of aliphatic carboxylic acids is 1. The summed E-state index contributed by atoms with van der Waals surface area (Å²) in [6.07, 6.45) is 64.9. The van der Waals surface area contributed by atoms with Gasteiger partial charge in [0.25, 0.3) is 0 Å². The molecule has 0 spiro atoms. The van der Waals surface area contributed by atoms with Gasteiger partial charge in [-0.2, -0.15) is 0 Å². The fraction of sp³-hybridized carbons (Fsp3) is 0.554. The van der Waals surface area contributed by atoms with Crippen LogP contribution in [0.2, 0.25) is 0 Å². The Labute approximate surface area is 390 Å². The van der Waals surface area contributed by atoms with Gasteiger partial charge in [-0.3, -0.25) is 9.59 Å². The Morgan fingerprint density at radius 2 is 0.859 bits per heavy atom. The van der Waals surface area contributed by atoms with E-state index < -0.39 is 24.1 Å². The summed E-state index contributed by atoms with van der Waals surface area (Å²) in [7, 11) is 5.36. The monoisotopic (exact) mass is 886 g/mol. The third kappa shape index (κ3) is 42.8. The van der Waals surface area contributed by atoms with Gasteiger partial charge < -0.3 is 28.6 Å². The average Bonchev–Trinajstić information content (AvgIpc) is 3.26. The zero-order valence-electron chi connectivity index (χ0n) is 40.6. The van der Waals surface area contributed by atoms with Gasteiger partial charge in [-0.05, 0) is 103 Å². The second-order valence-electron chi connectivity index (χ2n) is 16.6. The van der Waals surface area contributed by atoms with E-state index >= 15 is 0 Å². The largest absolute Gasteiger partial charge is 0.544 e. The molecular formula is C56H87NO7. The molecule has 8 nitrogen and oxygen atoms in total. The minimum atomic E-state index is -1.15. The molecule has 0 aliphatic heterocycles. The first kappa shape index (κ1) is 59.5. The standard InChI is InChI=1S/C56H87NO7/c1-6-8-10-12-14-16-18-20-22-24-25-26-27-28-29-31-33-35-37-39-41-43-45-47-55(59)64-52(50-62-49-48-53(56(60)61)57(3,4)5)51-63-54(58)46-44-42-40-38-36-34-32-30-23-21-19-17-15-13-11-9-7-2/h8,10,14-17,20-23,25-26,28-29,32-35,38-41,52-53H,6-7,9,11-13,18-19,24,27,30-31,36-37,42-51H2,1-5H3/b10-8+,16-14+,17-15+,22-20+,23-21+,26-25+,29-28+,34-32+,35-33+,40-38+,41-39+. The molecule has 0 aromatic heterocycles. The molecule has 64 heavy (non-hydrogen) atoms. The van der Waals surface area contributed by atoms with Crippen molar-refractivity contribution < 1.29 is 38.2 Å². The molecule has 0 N–H and O–H groups in total. The van der Waals surface area contributed by atoms with Crippen molar-refractivity contribution in [1.29, 1.82) is 0 Å². The van der Waals surface area contributed by atoms with Crippen LogP contribution in [-0.2, 0) is 28.6 Å². The fourth-order valence-corrected chi connectivity index (χ4v) is 6.05. The van der Waals surface area contributed by atoms with E-state index in [0.717, 1.165) is 77.0 Å². The number of allylic oxidation sites excluding steroid dienone is 22. The molecule has 0 aliphatic carbocycles. The van der Waals surface area contributed by atoms with Crippen molar-refractivity contribution in [3.63, 3.8) is 0 Å². The van der Waals surface area contributed by atoms with Crippen molar-refractivity contribution in [2.45, 2.75) is 161 Å².